The topological polar surface area (TPSA) is 55.8 Å². The largest absolute Gasteiger partial charge is 0.472 e. The fraction of sp³-hybridized carbons (Fsp3) is 1.00. The minimum Gasteiger partial charge on any atom is -0.302 e. The van der Waals surface area contributed by atoms with E-state index >= 15 is 0 Å². The summed E-state index contributed by atoms with van der Waals surface area (Å²) in [7, 11) is -3.85. The summed E-state index contributed by atoms with van der Waals surface area (Å²) >= 11 is 0. The third-order valence-corrected chi connectivity index (χ3v) is 6.52. The number of phosphoric ester groups is 1. The van der Waals surface area contributed by atoms with Crippen LogP contribution in [0.1, 0.15) is 142 Å². The van der Waals surface area contributed by atoms with Gasteiger partial charge in [0, 0.05) is 51.4 Å². The molecule has 4 nitrogen and oxygen atoms in total. The Kier molecular flexibility index (Phi) is 30.5. The first-order valence-electron chi connectivity index (χ1n) is 12.7. The van der Waals surface area contributed by atoms with E-state index in [0.29, 0.717) is 13.2 Å². The van der Waals surface area contributed by atoms with Gasteiger partial charge in [0.15, 0.2) is 0 Å². The van der Waals surface area contributed by atoms with Gasteiger partial charge >= 0.3 is 7.82 Å². The van der Waals surface area contributed by atoms with Crippen molar-refractivity contribution in [3.63, 3.8) is 0 Å². The maximum absolute atomic E-state index is 11.8. The number of rotatable bonds is 24. The zero-order valence-corrected chi connectivity index (χ0v) is 24.7. The normalized spacial score (nSPS) is 11.6. The average molecular weight is 474 g/mol. The average Bonchev–Trinajstić information content (AvgIpc) is 2.70. The van der Waals surface area contributed by atoms with Crippen molar-refractivity contribution >= 4 is 59.2 Å². The smallest absolute Gasteiger partial charge is 0.302 e. The van der Waals surface area contributed by atoms with Gasteiger partial charge in [-0.15, -0.1) is 0 Å². The number of unbranched alkanes of at least 4 members (excludes halogenated alkanes) is 18. The molecule has 0 amide bonds. The van der Waals surface area contributed by atoms with Crippen LogP contribution in [0.25, 0.3) is 0 Å². The van der Waals surface area contributed by atoms with E-state index in [0.717, 1.165) is 25.7 Å². The van der Waals surface area contributed by atoms with E-state index in [1.807, 2.05) is 0 Å². The fourth-order valence-corrected chi connectivity index (χ4v) is 4.37. The molecule has 0 atom stereocenters. The van der Waals surface area contributed by atoms with E-state index in [1.165, 1.54) is 103 Å². The van der Waals surface area contributed by atoms with Gasteiger partial charge in [0.2, 0.25) is 0 Å². The van der Waals surface area contributed by atoms with Crippen molar-refractivity contribution in [1.29, 1.82) is 0 Å². The van der Waals surface area contributed by atoms with Crippen molar-refractivity contribution in [2.24, 2.45) is 0 Å². The molecule has 0 saturated heterocycles. The molecule has 0 aliphatic rings. The maximum Gasteiger partial charge on any atom is 0.472 e. The second-order valence-corrected chi connectivity index (χ2v) is 9.95. The molecule has 0 heterocycles. The summed E-state index contributed by atoms with van der Waals surface area (Å²) in [5, 5.41) is 0. The SMILES string of the molecule is CCCCCCCCCCCCOP(=O)(O)OCCCCCCCCCCCC.[K]. The first kappa shape index (κ1) is 33.9. The Morgan fingerprint density at radius 1 is 0.500 bits per heavy atom. The monoisotopic (exact) mass is 473 g/mol. The minimum absolute atomic E-state index is 0. The Morgan fingerprint density at radius 3 is 1.00 bits per heavy atom. The zero-order chi connectivity index (χ0) is 21.5. The van der Waals surface area contributed by atoms with E-state index in [2.05, 4.69) is 13.8 Å². The number of hydrogen-bond donors (Lipinski definition) is 1. The molecule has 1 radical (unpaired) electrons. The van der Waals surface area contributed by atoms with Crippen LogP contribution in [0, 0.1) is 0 Å². The van der Waals surface area contributed by atoms with Crippen LogP contribution < -0.4 is 0 Å². The Bertz CT molecular complexity index is 339. The Morgan fingerprint density at radius 2 is 0.733 bits per heavy atom. The number of hydrogen-bond acceptors (Lipinski definition) is 3. The first-order valence-corrected chi connectivity index (χ1v) is 14.2. The fourth-order valence-electron chi connectivity index (χ4n) is 3.58. The summed E-state index contributed by atoms with van der Waals surface area (Å²) in [6.45, 7) is 5.14. The summed E-state index contributed by atoms with van der Waals surface area (Å²) < 4.78 is 22.0. The van der Waals surface area contributed by atoms with Gasteiger partial charge in [0.25, 0.3) is 0 Å². The molecule has 0 aromatic rings. The Hall–Kier alpha value is 1.75. The van der Waals surface area contributed by atoms with Gasteiger partial charge in [-0.1, -0.05) is 129 Å². The second-order valence-electron chi connectivity index (χ2n) is 8.50. The third kappa shape index (κ3) is 27.8. The minimum atomic E-state index is -3.85. The molecule has 0 aliphatic carbocycles. The predicted octanol–water partition coefficient (Wildman–Crippen LogP) is 8.58. The van der Waals surface area contributed by atoms with E-state index in [1.54, 1.807) is 0 Å². The summed E-state index contributed by atoms with van der Waals surface area (Å²) in [4.78, 5) is 9.71. The number of phosphoric acid groups is 1. The third-order valence-electron chi connectivity index (χ3n) is 5.50. The van der Waals surface area contributed by atoms with Crippen molar-refractivity contribution in [3.05, 3.63) is 0 Å². The van der Waals surface area contributed by atoms with Crippen molar-refractivity contribution in [2.75, 3.05) is 13.2 Å². The maximum atomic E-state index is 11.8. The molecule has 0 aliphatic heterocycles. The van der Waals surface area contributed by atoms with Crippen LogP contribution in [0.15, 0.2) is 0 Å². The molecule has 1 N–H and O–H groups in total. The van der Waals surface area contributed by atoms with Crippen LogP contribution in [-0.2, 0) is 13.6 Å². The standard InChI is InChI=1S/C24H51O4P.K/c1-3-5-7-9-11-13-15-17-19-21-23-27-29(25,26)28-24-22-20-18-16-14-12-10-8-6-4-2;/h3-24H2,1-2H3,(H,25,26);. The molecule has 0 fully saturated rings. The molecular weight excluding hydrogens is 422 g/mol. The van der Waals surface area contributed by atoms with E-state index in [4.69, 9.17) is 9.05 Å². The molecular formula is C24H51KO4P. The summed E-state index contributed by atoms with van der Waals surface area (Å²) in [5.41, 5.74) is 0. The van der Waals surface area contributed by atoms with Gasteiger partial charge in [0.1, 0.15) is 0 Å². The summed E-state index contributed by atoms with van der Waals surface area (Å²) in [6.07, 6.45) is 24.8. The van der Waals surface area contributed by atoms with Crippen molar-refractivity contribution < 1.29 is 18.5 Å². The predicted molar refractivity (Wildman–Crippen MR) is 131 cm³/mol. The molecule has 0 spiro atoms. The van der Waals surface area contributed by atoms with E-state index in [9.17, 15) is 9.46 Å². The second kappa shape index (κ2) is 27.0. The van der Waals surface area contributed by atoms with Crippen LogP contribution in [-0.4, -0.2) is 69.5 Å². The van der Waals surface area contributed by atoms with E-state index in [-0.39, 0.29) is 51.4 Å². The summed E-state index contributed by atoms with van der Waals surface area (Å²) in [6, 6.07) is 0. The molecule has 0 aromatic heterocycles. The molecule has 0 saturated carbocycles. The Labute approximate surface area is 231 Å². The van der Waals surface area contributed by atoms with Crippen LogP contribution in [0.4, 0.5) is 0 Å². The van der Waals surface area contributed by atoms with E-state index < -0.39 is 7.82 Å². The first-order chi connectivity index (χ1) is 14.1. The van der Waals surface area contributed by atoms with Crippen LogP contribution in [0.2, 0.25) is 0 Å². The quantitative estimate of drug-likeness (QED) is 0.0866. The van der Waals surface area contributed by atoms with Gasteiger partial charge in [-0.3, -0.25) is 9.05 Å². The molecule has 0 unspecified atom stereocenters. The van der Waals surface area contributed by atoms with Crippen molar-refractivity contribution in [3.8, 4) is 0 Å². The van der Waals surface area contributed by atoms with Crippen molar-refractivity contribution in [1.82, 2.24) is 0 Å². The van der Waals surface area contributed by atoms with Crippen LogP contribution in [0.3, 0.4) is 0 Å². The molecule has 30 heavy (non-hydrogen) atoms. The van der Waals surface area contributed by atoms with Gasteiger partial charge in [-0.25, -0.2) is 4.57 Å². The summed E-state index contributed by atoms with van der Waals surface area (Å²) in [5.74, 6) is 0. The van der Waals surface area contributed by atoms with Crippen molar-refractivity contribution in [2.45, 2.75) is 142 Å². The van der Waals surface area contributed by atoms with Gasteiger partial charge in [0.05, 0.1) is 13.2 Å². The van der Waals surface area contributed by atoms with Gasteiger partial charge in [-0.2, -0.15) is 0 Å². The molecule has 0 rings (SSSR count). The Balaban J connectivity index is 0. The van der Waals surface area contributed by atoms with Crippen LogP contribution in [0.5, 0.6) is 0 Å². The zero-order valence-electron chi connectivity index (χ0n) is 20.7. The molecule has 0 aromatic carbocycles. The van der Waals surface area contributed by atoms with Crippen LogP contribution >= 0.6 is 7.82 Å². The molecule has 0 bridgehead atoms. The molecule has 6 heteroatoms. The molecule has 177 valence electrons. The van der Waals surface area contributed by atoms with Gasteiger partial charge < -0.3 is 4.89 Å². The van der Waals surface area contributed by atoms with Gasteiger partial charge in [-0.05, 0) is 12.8 Å².